The van der Waals surface area contributed by atoms with Crippen LogP contribution in [0.3, 0.4) is 0 Å². The maximum Gasteiger partial charge on any atom is 0.198 e. The Morgan fingerprint density at radius 2 is 2.04 bits per heavy atom. The molecule has 25 heavy (non-hydrogen) atoms. The number of ketones is 1. The second-order valence-corrected chi connectivity index (χ2v) is 6.81. The summed E-state index contributed by atoms with van der Waals surface area (Å²) in [7, 11) is 0. The monoisotopic (exact) mass is 334 g/mol. The van der Waals surface area contributed by atoms with Crippen molar-refractivity contribution < 1.29 is 4.79 Å². The van der Waals surface area contributed by atoms with E-state index >= 15 is 0 Å². The highest BCUT2D eigenvalue weighted by molar-refractivity contribution is 6.01. The molecule has 4 rings (SSSR count). The lowest BCUT2D eigenvalue weighted by Gasteiger charge is -2.07. The molecule has 2 aromatic heterocycles. The number of nitrogens with one attached hydrogen (secondary N) is 1. The zero-order valence-electron chi connectivity index (χ0n) is 14.7. The minimum atomic E-state index is -0.0267. The molecule has 3 aromatic rings. The van der Waals surface area contributed by atoms with Crippen LogP contribution in [0.25, 0.3) is 5.65 Å². The van der Waals surface area contributed by atoms with Crippen LogP contribution in [-0.4, -0.2) is 26.7 Å². The van der Waals surface area contributed by atoms with Gasteiger partial charge in [-0.3, -0.25) is 9.20 Å². The Morgan fingerprint density at radius 3 is 2.92 bits per heavy atom. The van der Waals surface area contributed by atoms with Crippen LogP contribution < -0.4 is 5.32 Å². The van der Waals surface area contributed by atoms with E-state index in [0.717, 1.165) is 11.4 Å². The number of hydrogen-bond donors (Lipinski definition) is 1. The minimum Gasteiger partial charge on any atom is -0.306 e. The van der Waals surface area contributed by atoms with Crippen molar-refractivity contribution in [2.75, 3.05) is 6.54 Å². The Kier molecular flexibility index (Phi) is 4.09. The molecule has 0 saturated heterocycles. The topological polar surface area (TPSA) is 59.3 Å². The smallest absolute Gasteiger partial charge is 0.198 e. The van der Waals surface area contributed by atoms with Crippen LogP contribution in [0.4, 0.5) is 0 Å². The second-order valence-electron chi connectivity index (χ2n) is 6.81. The third kappa shape index (κ3) is 3.07. The van der Waals surface area contributed by atoms with Crippen LogP contribution in [-0.2, 0) is 19.4 Å². The first kappa shape index (κ1) is 16.0. The van der Waals surface area contributed by atoms with Gasteiger partial charge >= 0.3 is 0 Å². The third-order valence-corrected chi connectivity index (χ3v) is 4.86. The summed E-state index contributed by atoms with van der Waals surface area (Å²) >= 11 is 0. The predicted octanol–water partition coefficient (Wildman–Crippen LogP) is 2.81. The molecule has 1 aromatic carbocycles. The predicted molar refractivity (Wildman–Crippen MR) is 97.0 cm³/mol. The van der Waals surface area contributed by atoms with Crippen LogP contribution in [0.5, 0.6) is 0 Å². The number of nitrogens with zero attached hydrogens (tertiary/aromatic N) is 3. The minimum absolute atomic E-state index is 0.0267. The molecule has 5 heteroatoms. The van der Waals surface area contributed by atoms with Gasteiger partial charge in [0.05, 0.1) is 6.54 Å². The van der Waals surface area contributed by atoms with E-state index in [1.165, 1.54) is 36.0 Å². The van der Waals surface area contributed by atoms with Gasteiger partial charge in [0.2, 0.25) is 0 Å². The molecule has 128 valence electrons. The molecule has 0 atom stereocenters. The number of carbonyl (C=O) groups excluding carboxylic acids is 1. The van der Waals surface area contributed by atoms with Gasteiger partial charge in [-0.1, -0.05) is 18.2 Å². The Hall–Kier alpha value is -2.53. The summed E-state index contributed by atoms with van der Waals surface area (Å²) in [4.78, 5) is 21.3. The average Bonchev–Trinajstić information content (AvgIpc) is 3.20. The van der Waals surface area contributed by atoms with Gasteiger partial charge in [-0.25, -0.2) is 9.97 Å². The number of benzene rings is 1. The Labute approximate surface area is 147 Å². The second kappa shape index (κ2) is 6.41. The highest BCUT2D eigenvalue weighted by atomic mass is 16.1. The fourth-order valence-corrected chi connectivity index (χ4v) is 3.61. The third-order valence-electron chi connectivity index (χ3n) is 4.86. The van der Waals surface area contributed by atoms with E-state index in [-0.39, 0.29) is 12.3 Å². The summed E-state index contributed by atoms with van der Waals surface area (Å²) in [6.07, 6.45) is 5.29. The Bertz CT molecular complexity index is 958. The van der Waals surface area contributed by atoms with Gasteiger partial charge in [0.1, 0.15) is 6.33 Å². The fraction of sp³-hybridized carbons (Fsp3) is 0.350. The molecule has 0 bridgehead atoms. The van der Waals surface area contributed by atoms with Gasteiger partial charge in [0.15, 0.2) is 17.1 Å². The summed E-state index contributed by atoms with van der Waals surface area (Å²) in [5.74, 6) is -0.0267. The lowest BCUT2D eigenvalue weighted by molar-refractivity contribution is 0.0988. The van der Waals surface area contributed by atoms with Crippen LogP contribution in [0, 0.1) is 13.8 Å². The molecular formula is C20H22N4O. The lowest BCUT2D eigenvalue weighted by Crippen LogP contribution is -2.23. The molecule has 0 radical (unpaired) electrons. The summed E-state index contributed by atoms with van der Waals surface area (Å²) < 4.78 is 1.86. The summed E-state index contributed by atoms with van der Waals surface area (Å²) in [5, 5.41) is 3.25. The van der Waals surface area contributed by atoms with Crippen molar-refractivity contribution in [3.8, 4) is 0 Å². The van der Waals surface area contributed by atoms with Crippen molar-refractivity contribution in [2.24, 2.45) is 0 Å². The molecular weight excluding hydrogens is 312 g/mol. The lowest BCUT2D eigenvalue weighted by atomic mass is 10.1. The van der Waals surface area contributed by atoms with Gasteiger partial charge in [-0.15, -0.1) is 0 Å². The van der Waals surface area contributed by atoms with E-state index in [2.05, 4.69) is 33.5 Å². The fourth-order valence-electron chi connectivity index (χ4n) is 3.61. The molecule has 0 fully saturated rings. The van der Waals surface area contributed by atoms with Gasteiger partial charge < -0.3 is 5.32 Å². The van der Waals surface area contributed by atoms with Crippen molar-refractivity contribution in [2.45, 2.75) is 39.7 Å². The largest absolute Gasteiger partial charge is 0.306 e. The molecule has 1 N–H and O–H groups in total. The highest BCUT2D eigenvalue weighted by Gasteiger charge is 2.16. The van der Waals surface area contributed by atoms with E-state index < -0.39 is 0 Å². The first-order chi connectivity index (χ1) is 12.1. The Balaban J connectivity index is 1.44. The highest BCUT2D eigenvalue weighted by Crippen LogP contribution is 2.22. The number of aryl methyl sites for hydroxylation is 4. The van der Waals surface area contributed by atoms with Crippen LogP contribution >= 0.6 is 0 Å². The normalized spacial score (nSPS) is 13.4. The number of carbonyl (C=O) groups is 1. The molecule has 2 heterocycles. The van der Waals surface area contributed by atoms with E-state index in [0.29, 0.717) is 17.9 Å². The van der Waals surface area contributed by atoms with Gasteiger partial charge in [0, 0.05) is 17.9 Å². The molecule has 5 nitrogen and oxygen atoms in total. The van der Waals surface area contributed by atoms with Crippen molar-refractivity contribution in [3.05, 3.63) is 64.4 Å². The molecule has 0 spiro atoms. The van der Waals surface area contributed by atoms with E-state index in [1.807, 2.05) is 24.3 Å². The quantitative estimate of drug-likeness (QED) is 0.729. The average molecular weight is 334 g/mol. The van der Waals surface area contributed by atoms with Crippen molar-refractivity contribution in [1.29, 1.82) is 0 Å². The maximum absolute atomic E-state index is 12.5. The van der Waals surface area contributed by atoms with Gasteiger partial charge in [-0.2, -0.15) is 0 Å². The van der Waals surface area contributed by atoms with Crippen LogP contribution in [0.1, 0.15) is 45.0 Å². The number of fused-ring (bicyclic) bond motifs is 2. The van der Waals surface area contributed by atoms with Crippen molar-refractivity contribution in [3.63, 3.8) is 0 Å². The SMILES string of the molecule is Cc1cc(C)n2cnc(C(=O)CNCc3ccc4c(c3)CCC4)c2n1. The summed E-state index contributed by atoms with van der Waals surface area (Å²) in [6.45, 7) is 4.87. The van der Waals surface area contributed by atoms with Crippen LogP contribution in [0.2, 0.25) is 0 Å². The molecule has 0 amide bonds. The number of rotatable bonds is 5. The molecule has 1 aliphatic carbocycles. The molecule has 0 aliphatic heterocycles. The van der Waals surface area contributed by atoms with E-state index in [1.54, 1.807) is 6.33 Å². The zero-order chi connectivity index (χ0) is 17.4. The summed E-state index contributed by atoms with van der Waals surface area (Å²) in [6, 6.07) is 8.62. The number of Topliss-reactive ketones (excluding diaryl/α,β-unsaturated/α-hetero) is 1. The molecule has 1 aliphatic rings. The number of hydrogen-bond acceptors (Lipinski definition) is 4. The molecule has 0 saturated carbocycles. The number of imidazole rings is 1. The standard InChI is InChI=1S/C20H22N4O/c1-13-8-14(2)24-12-22-19(20(24)23-13)18(25)11-21-10-15-6-7-16-4-3-5-17(16)9-15/h6-9,12,21H,3-5,10-11H2,1-2H3. The van der Waals surface area contributed by atoms with Gasteiger partial charge in [-0.05, 0) is 55.9 Å². The number of aromatic nitrogens is 3. The Morgan fingerprint density at radius 1 is 1.20 bits per heavy atom. The zero-order valence-corrected chi connectivity index (χ0v) is 14.7. The summed E-state index contributed by atoms with van der Waals surface area (Å²) in [5.41, 5.74) is 7.16. The van der Waals surface area contributed by atoms with E-state index in [4.69, 9.17) is 0 Å². The maximum atomic E-state index is 12.5. The first-order valence-electron chi connectivity index (χ1n) is 8.78. The molecule has 0 unspecified atom stereocenters. The van der Waals surface area contributed by atoms with Crippen molar-refractivity contribution in [1.82, 2.24) is 19.7 Å². The first-order valence-corrected chi connectivity index (χ1v) is 8.78. The van der Waals surface area contributed by atoms with Crippen molar-refractivity contribution >= 4 is 11.4 Å². The van der Waals surface area contributed by atoms with Gasteiger partial charge in [0.25, 0.3) is 0 Å². The van der Waals surface area contributed by atoms with E-state index in [9.17, 15) is 4.79 Å². The van der Waals surface area contributed by atoms with Crippen LogP contribution in [0.15, 0.2) is 30.6 Å².